The van der Waals surface area contributed by atoms with Gasteiger partial charge in [0.15, 0.2) is 10.4 Å². The monoisotopic (exact) mass is 340 g/mol. The maximum atomic E-state index is 12.0. The molecule has 0 saturated heterocycles. The van der Waals surface area contributed by atoms with Crippen molar-refractivity contribution < 1.29 is 9.21 Å². The van der Waals surface area contributed by atoms with E-state index in [0.717, 1.165) is 12.2 Å². The van der Waals surface area contributed by atoms with E-state index >= 15 is 0 Å². The summed E-state index contributed by atoms with van der Waals surface area (Å²) in [5.74, 6) is 0.776. The van der Waals surface area contributed by atoms with E-state index in [1.807, 2.05) is 0 Å². The zero-order chi connectivity index (χ0) is 14.1. The molecule has 0 radical (unpaired) electrons. The summed E-state index contributed by atoms with van der Waals surface area (Å²) < 4.78 is 7.36. The third kappa shape index (κ3) is 2.55. The molecule has 0 aliphatic carbocycles. The number of aryl methyl sites for hydroxylation is 1. The van der Waals surface area contributed by atoms with Gasteiger partial charge in [0.25, 0.3) is 5.91 Å². The fourth-order valence-electron chi connectivity index (χ4n) is 2.34. The van der Waals surface area contributed by atoms with Crippen LogP contribution in [0.15, 0.2) is 26.0 Å². The number of aromatic nitrogens is 3. The summed E-state index contributed by atoms with van der Waals surface area (Å²) in [6, 6.07) is 3.30. The van der Waals surface area contributed by atoms with Gasteiger partial charge >= 0.3 is 5.69 Å². The van der Waals surface area contributed by atoms with Gasteiger partial charge in [0.05, 0.1) is 0 Å². The number of fused-ring (bicyclic) bond motifs is 1. The fraction of sp³-hybridized carbons (Fsp3) is 0.417. The number of hydrogen-bond acceptors (Lipinski definition) is 4. The minimum Gasteiger partial charge on any atom is -0.444 e. The molecule has 2 N–H and O–H groups in total. The zero-order valence-electron chi connectivity index (χ0n) is 10.6. The third-order valence-corrected chi connectivity index (χ3v) is 3.81. The summed E-state index contributed by atoms with van der Waals surface area (Å²) in [5, 5.41) is 9.35. The molecule has 2 aromatic heterocycles. The van der Waals surface area contributed by atoms with E-state index in [4.69, 9.17) is 4.42 Å². The Labute approximate surface area is 122 Å². The van der Waals surface area contributed by atoms with E-state index in [1.54, 1.807) is 16.7 Å². The van der Waals surface area contributed by atoms with Crippen LogP contribution in [0.3, 0.4) is 0 Å². The second-order valence-electron chi connectivity index (χ2n) is 4.70. The van der Waals surface area contributed by atoms with Crippen LogP contribution >= 0.6 is 15.9 Å². The molecule has 1 aliphatic rings. The first-order chi connectivity index (χ1) is 9.63. The molecule has 1 atom stereocenters. The van der Waals surface area contributed by atoms with Gasteiger partial charge in [-0.05, 0) is 40.9 Å². The van der Waals surface area contributed by atoms with Gasteiger partial charge in [-0.2, -0.15) is 5.10 Å². The van der Waals surface area contributed by atoms with Gasteiger partial charge in [-0.15, -0.1) is 0 Å². The van der Waals surface area contributed by atoms with Gasteiger partial charge in [-0.3, -0.25) is 9.36 Å². The van der Waals surface area contributed by atoms with Crippen molar-refractivity contribution in [2.75, 3.05) is 0 Å². The number of amides is 1. The lowest BCUT2D eigenvalue weighted by Gasteiger charge is -2.14. The second kappa shape index (κ2) is 5.28. The standard InChI is InChI=1S/C12H13BrN4O3/c13-9-3-2-8(20-9)11(18)14-7-1-4-10-15-16-12(19)17(10)6-5-7/h2-3,7H,1,4-6H2,(H,14,18)(H,16,19). The molecule has 7 nitrogen and oxygen atoms in total. The molecule has 0 fully saturated rings. The maximum absolute atomic E-state index is 12.0. The van der Waals surface area contributed by atoms with Gasteiger partial charge in [0.1, 0.15) is 5.82 Å². The van der Waals surface area contributed by atoms with Gasteiger partial charge in [-0.25, -0.2) is 9.89 Å². The first-order valence-electron chi connectivity index (χ1n) is 6.34. The van der Waals surface area contributed by atoms with E-state index in [2.05, 4.69) is 31.4 Å². The van der Waals surface area contributed by atoms with Crippen LogP contribution in [0.1, 0.15) is 29.2 Å². The molecule has 2 aromatic rings. The molecule has 0 spiro atoms. The number of carbonyl (C=O) groups is 1. The van der Waals surface area contributed by atoms with E-state index in [-0.39, 0.29) is 23.4 Å². The van der Waals surface area contributed by atoms with Crippen LogP contribution in [0.4, 0.5) is 0 Å². The van der Waals surface area contributed by atoms with Crippen LogP contribution in [0.2, 0.25) is 0 Å². The highest BCUT2D eigenvalue weighted by Crippen LogP contribution is 2.16. The zero-order valence-corrected chi connectivity index (χ0v) is 12.1. The first kappa shape index (κ1) is 13.2. The Morgan fingerprint density at radius 3 is 3.10 bits per heavy atom. The Morgan fingerprint density at radius 1 is 1.50 bits per heavy atom. The lowest BCUT2D eigenvalue weighted by Crippen LogP contribution is -2.35. The lowest BCUT2D eigenvalue weighted by atomic mass is 10.1. The van der Waals surface area contributed by atoms with Crippen molar-refractivity contribution >= 4 is 21.8 Å². The summed E-state index contributed by atoms with van der Waals surface area (Å²) in [6.07, 6.45) is 2.10. The molecule has 3 heterocycles. The Bertz CT molecular complexity index is 687. The van der Waals surface area contributed by atoms with Crippen LogP contribution in [0.25, 0.3) is 0 Å². The number of hydrogen-bond donors (Lipinski definition) is 2. The van der Waals surface area contributed by atoms with Crippen LogP contribution in [0, 0.1) is 0 Å². The van der Waals surface area contributed by atoms with Crippen LogP contribution in [-0.4, -0.2) is 26.7 Å². The van der Waals surface area contributed by atoms with Crippen molar-refractivity contribution in [3.63, 3.8) is 0 Å². The van der Waals surface area contributed by atoms with Gasteiger partial charge in [-0.1, -0.05) is 0 Å². The number of nitrogens with zero attached hydrogens (tertiary/aromatic N) is 2. The van der Waals surface area contributed by atoms with Gasteiger partial charge in [0.2, 0.25) is 0 Å². The van der Waals surface area contributed by atoms with Crippen molar-refractivity contribution in [2.45, 2.75) is 31.8 Å². The van der Waals surface area contributed by atoms with Crippen LogP contribution in [-0.2, 0) is 13.0 Å². The first-order valence-corrected chi connectivity index (χ1v) is 7.13. The highest BCUT2D eigenvalue weighted by molar-refractivity contribution is 9.10. The number of aromatic amines is 1. The number of furan rings is 1. The summed E-state index contributed by atoms with van der Waals surface area (Å²) in [4.78, 5) is 23.5. The molecule has 1 unspecified atom stereocenters. The Balaban J connectivity index is 1.66. The van der Waals surface area contributed by atoms with Gasteiger partial charge in [0, 0.05) is 19.0 Å². The number of nitrogens with one attached hydrogen (secondary N) is 2. The van der Waals surface area contributed by atoms with E-state index in [1.165, 1.54) is 0 Å². The summed E-state index contributed by atoms with van der Waals surface area (Å²) >= 11 is 3.16. The van der Waals surface area contributed by atoms with Gasteiger partial charge < -0.3 is 9.73 Å². The highest BCUT2D eigenvalue weighted by atomic mass is 79.9. The molecule has 0 bridgehead atoms. The number of rotatable bonds is 2. The number of halogens is 1. The maximum Gasteiger partial charge on any atom is 0.343 e. The summed E-state index contributed by atoms with van der Waals surface area (Å²) in [5.41, 5.74) is -0.193. The molecule has 8 heteroatoms. The SMILES string of the molecule is O=C(NC1CCc2n[nH]c(=O)n2CC1)c1ccc(Br)o1. The third-order valence-electron chi connectivity index (χ3n) is 3.39. The Morgan fingerprint density at radius 2 is 2.35 bits per heavy atom. The summed E-state index contributed by atoms with van der Waals surface area (Å²) in [7, 11) is 0. The van der Waals surface area contributed by atoms with E-state index < -0.39 is 0 Å². The minimum absolute atomic E-state index is 0.00692. The van der Waals surface area contributed by atoms with Crippen LogP contribution in [0.5, 0.6) is 0 Å². The molecular weight excluding hydrogens is 328 g/mol. The van der Waals surface area contributed by atoms with Crippen molar-refractivity contribution in [1.82, 2.24) is 20.1 Å². The average molecular weight is 341 g/mol. The lowest BCUT2D eigenvalue weighted by molar-refractivity contribution is 0.0903. The molecule has 106 valence electrons. The molecule has 1 amide bonds. The second-order valence-corrected chi connectivity index (χ2v) is 5.48. The molecule has 20 heavy (non-hydrogen) atoms. The predicted octanol–water partition coefficient (Wildman–Crippen LogP) is 1.06. The topological polar surface area (TPSA) is 92.9 Å². The predicted molar refractivity (Wildman–Crippen MR) is 73.4 cm³/mol. The van der Waals surface area contributed by atoms with E-state index in [9.17, 15) is 9.59 Å². The molecule has 0 saturated carbocycles. The molecule has 3 rings (SSSR count). The average Bonchev–Trinajstić information content (AvgIpc) is 2.94. The summed E-state index contributed by atoms with van der Waals surface area (Å²) in [6.45, 7) is 0.553. The van der Waals surface area contributed by atoms with Crippen LogP contribution < -0.4 is 11.0 Å². The van der Waals surface area contributed by atoms with Crippen molar-refractivity contribution in [2.24, 2.45) is 0 Å². The van der Waals surface area contributed by atoms with Crippen molar-refractivity contribution in [3.8, 4) is 0 Å². The number of H-pyrrole nitrogens is 1. The quantitative estimate of drug-likeness (QED) is 0.854. The minimum atomic E-state index is -0.242. The Kier molecular flexibility index (Phi) is 3.47. The van der Waals surface area contributed by atoms with Crippen molar-refractivity contribution in [1.29, 1.82) is 0 Å². The largest absolute Gasteiger partial charge is 0.444 e. The number of carbonyl (C=O) groups excluding carboxylic acids is 1. The molecule has 0 aromatic carbocycles. The molecule has 1 aliphatic heterocycles. The fourth-order valence-corrected chi connectivity index (χ4v) is 2.65. The highest BCUT2D eigenvalue weighted by Gasteiger charge is 2.21. The van der Waals surface area contributed by atoms with Crippen molar-refractivity contribution in [3.05, 3.63) is 38.9 Å². The molecular formula is C12H13BrN4O3. The smallest absolute Gasteiger partial charge is 0.343 e. The Hall–Kier alpha value is -1.83. The normalized spacial score (nSPS) is 18.4. The van der Waals surface area contributed by atoms with E-state index in [0.29, 0.717) is 24.1 Å².